The maximum atomic E-state index is 12.3. The van der Waals surface area contributed by atoms with Gasteiger partial charge in [-0.3, -0.25) is 4.79 Å². The number of amides is 2. The van der Waals surface area contributed by atoms with Crippen molar-refractivity contribution < 1.29 is 29.0 Å². The highest BCUT2D eigenvalue weighted by molar-refractivity contribution is 5.92. The van der Waals surface area contributed by atoms with E-state index in [1.54, 1.807) is 19.1 Å². The molecule has 0 fully saturated rings. The van der Waals surface area contributed by atoms with Crippen molar-refractivity contribution in [3.05, 3.63) is 35.9 Å². The average Bonchev–Trinajstić information content (AvgIpc) is 2.58. The van der Waals surface area contributed by atoms with Crippen LogP contribution in [0.15, 0.2) is 30.3 Å². The van der Waals surface area contributed by atoms with Crippen molar-refractivity contribution >= 4 is 18.0 Å². The molecule has 0 aliphatic heterocycles. The summed E-state index contributed by atoms with van der Waals surface area (Å²) in [6.07, 6.45) is -0.777. The Hall–Kier alpha value is -2.61. The van der Waals surface area contributed by atoms with Crippen molar-refractivity contribution in [3.8, 4) is 0 Å². The maximum absolute atomic E-state index is 12.3. The van der Waals surface area contributed by atoms with Crippen molar-refractivity contribution in [2.24, 2.45) is 0 Å². The molecule has 1 aromatic carbocycles. The monoisotopic (exact) mass is 352 g/mol. The van der Waals surface area contributed by atoms with Crippen LogP contribution in [-0.2, 0) is 25.7 Å². The summed E-state index contributed by atoms with van der Waals surface area (Å²) in [5.41, 5.74) is -0.546. The summed E-state index contributed by atoms with van der Waals surface area (Å²) in [7, 11) is 0. The Labute approximate surface area is 146 Å². The van der Waals surface area contributed by atoms with Gasteiger partial charge in [0.1, 0.15) is 12.1 Å². The first kappa shape index (κ1) is 20.4. The second-order valence-electron chi connectivity index (χ2n) is 5.77. The lowest BCUT2D eigenvalue weighted by Crippen LogP contribution is -2.58. The van der Waals surface area contributed by atoms with Gasteiger partial charge in [0.15, 0.2) is 6.04 Å². The fraction of sp³-hybridized carbons (Fsp3) is 0.471. The molecular formula is C17H24N2O6. The topological polar surface area (TPSA) is 114 Å². The Bertz CT molecular complexity index is 588. The number of aliphatic hydroxyl groups is 1. The van der Waals surface area contributed by atoms with E-state index in [0.29, 0.717) is 0 Å². The molecule has 1 atom stereocenters. The van der Waals surface area contributed by atoms with Gasteiger partial charge in [0.05, 0.1) is 13.2 Å². The highest BCUT2D eigenvalue weighted by atomic mass is 16.5. The molecule has 0 saturated heterocycles. The second kappa shape index (κ2) is 9.63. The van der Waals surface area contributed by atoms with E-state index in [9.17, 15) is 19.5 Å². The number of aliphatic hydroxyl groups excluding tert-OH is 1. The smallest absolute Gasteiger partial charge is 0.408 e. The molecular weight excluding hydrogens is 328 g/mol. The van der Waals surface area contributed by atoms with Crippen molar-refractivity contribution in [2.75, 3.05) is 13.2 Å². The number of ether oxygens (including phenoxy) is 2. The number of rotatable bonds is 8. The van der Waals surface area contributed by atoms with E-state index in [-0.39, 0.29) is 13.2 Å². The van der Waals surface area contributed by atoms with Crippen molar-refractivity contribution in [2.45, 2.75) is 39.0 Å². The third-order valence-electron chi connectivity index (χ3n) is 3.25. The van der Waals surface area contributed by atoms with Crippen LogP contribution < -0.4 is 10.6 Å². The molecule has 25 heavy (non-hydrogen) atoms. The van der Waals surface area contributed by atoms with Crippen LogP contribution in [0.5, 0.6) is 0 Å². The zero-order chi connectivity index (χ0) is 18.9. The molecule has 2 amide bonds. The van der Waals surface area contributed by atoms with Gasteiger partial charge in [0.25, 0.3) is 0 Å². The Morgan fingerprint density at radius 2 is 1.80 bits per heavy atom. The maximum Gasteiger partial charge on any atom is 0.408 e. The van der Waals surface area contributed by atoms with Gasteiger partial charge in [0.2, 0.25) is 5.91 Å². The van der Waals surface area contributed by atoms with Crippen LogP contribution in [0, 0.1) is 0 Å². The minimum Gasteiger partial charge on any atom is -0.464 e. The fourth-order valence-electron chi connectivity index (χ4n) is 1.83. The first-order chi connectivity index (χ1) is 11.8. The van der Waals surface area contributed by atoms with Gasteiger partial charge in [0, 0.05) is 0 Å². The number of hydrogen-bond acceptors (Lipinski definition) is 6. The van der Waals surface area contributed by atoms with Crippen LogP contribution in [-0.4, -0.2) is 47.9 Å². The molecule has 0 aromatic heterocycles. The number of alkyl carbamates (subject to hydrolysis) is 1. The normalized spacial score (nSPS) is 12.0. The SMILES string of the molecule is CCOC(=O)C(CO)NC(=O)C(C)(C)NC(=O)OCc1ccccc1. The molecule has 1 unspecified atom stereocenters. The molecule has 0 bridgehead atoms. The van der Waals surface area contributed by atoms with Crippen LogP contribution in [0.4, 0.5) is 4.79 Å². The quantitative estimate of drug-likeness (QED) is 0.595. The van der Waals surface area contributed by atoms with Gasteiger partial charge in [-0.05, 0) is 26.3 Å². The van der Waals surface area contributed by atoms with E-state index in [0.717, 1.165) is 5.56 Å². The molecule has 8 nitrogen and oxygen atoms in total. The second-order valence-corrected chi connectivity index (χ2v) is 5.77. The molecule has 0 heterocycles. The standard InChI is InChI=1S/C17H24N2O6/c1-4-24-14(21)13(10-20)18-15(22)17(2,3)19-16(23)25-11-12-8-6-5-7-9-12/h5-9,13,20H,4,10-11H2,1-3H3,(H,18,22)(H,19,23). The Morgan fingerprint density at radius 1 is 1.16 bits per heavy atom. The largest absolute Gasteiger partial charge is 0.464 e. The molecule has 1 aromatic rings. The van der Waals surface area contributed by atoms with Gasteiger partial charge < -0.3 is 25.2 Å². The molecule has 8 heteroatoms. The first-order valence-corrected chi connectivity index (χ1v) is 7.87. The summed E-state index contributed by atoms with van der Waals surface area (Å²) in [6, 6.07) is 7.88. The Kier molecular flexibility index (Phi) is 7.87. The summed E-state index contributed by atoms with van der Waals surface area (Å²) in [5.74, 6) is -1.41. The number of hydrogen-bond donors (Lipinski definition) is 3. The van der Waals surface area contributed by atoms with Gasteiger partial charge in [-0.25, -0.2) is 9.59 Å². The molecule has 0 aliphatic carbocycles. The van der Waals surface area contributed by atoms with Gasteiger partial charge in [-0.15, -0.1) is 0 Å². The van der Waals surface area contributed by atoms with E-state index >= 15 is 0 Å². The van der Waals surface area contributed by atoms with E-state index in [2.05, 4.69) is 10.6 Å². The van der Waals surface area contributed by atoms with E-state index < -0.39 is 36.2 Å². The zero-order valence-electron chi connectivity index (χ0n) is 14.6. The van der Waals surface area contributed by atoms with E-state index in [1.807, 2.05) is 18.2 Å². The average molecular weight is 352 g/mol. The number of carbonyl (C=O) groups is 3. The van der Waals surface area contributed by atoms with Crippen LogP contribution in [0.3, 0.4) is 0 Å². The van der Waals surface area contributed by atoms with Crippen molar-refractivity contribution in [1.29, 1.82) is 0 Å². The lowest BCUT2D eigenvalue weighted by molar-refractivity contribution is -0.149. The number of carbonyl (C=O) groups excluding carboxylic acids is 3. The van der Waals surface area contributed by atoms with E-state index in [4.69, 9.17) is 9.47 Å². The van der Waals surface area contributed by atoms with Gasteiger partial charge >= 0.3 is 12.1 Å². The van der Waals surface area contributed by atoms with Crippen LogP contribution in [0.1, 0.15) is 26.3 Å². The Morgan fingerprint density at radius 3 is 2.36 bits per heavy atom. The van der Waals surface area contributed by atoms with Crippen molar-refractivity contribution in [1.82, 2.24) is 10.6 Å². The van der Waals surface area contributed by atoms with Gasteiger partial charge in [-0.1, -0.05) is 30.3 Å². The lowest BCUT2D eigenvalue weighted by Gasteiger charge is -2.26. The third kappa shape index (κ3) is 6.80. The van der Waals surface area contributed by atoms with Crippen molar-refractivity contribution in [3.63, 3.8) is 0 Å². The summed E-state index contributed by atoms with van der Waals surface area (Å²) in [6.45, 7) is 4.09. The molecule has 138 valence electrons. The highest BCUT2D eigenvalue weighted by Gasteiger charge is 2.33. The third-order valence-corrected chi connectivity index (χ3v) is 3.25. The lowest BCUT2D eigenvalue weighted by atomic mass is 10.0. The highest BCUT2D eigenvalue weighted by Crippen LogP contribution is 2.06. The molecule has 0 aliphatic rings. The minimum absolute atomic E-state index is 0.0620. The minimum atomic E-state index is -1.35. The Balaban J connectivity index is 2.55. The predicted octanol–water partition coefficient (Wildman–Crippen LogP) is 0.732. The summed E-state index contributed by atoms with van der Waals surface area (Å²) in [5, 5.41) is 14.0. The predicted molar refractivity (Wildman–Crippen MR) is 89.5 cm³/mol. The fourth-order valence-corrected chi connectivity index (χ4v) is 1.83. The molecule has 1 rings (SSSR count). The zero-order valence-corrected chi connectivity index (χ0v) is 14.6. The van der Waals surface area contributed by atoms with Crippen LogP contribution in [0.25, 0.3) is 0 Å². The summed E-state index contributed by atoms with van der Waals surface area (Å²) >= 11 is 0. The first-order valence-electron chi connectivity index (χ1n) is 7.87. The molecule has 0 spiro atoms. The van der Waals surface area contributed by atoms with Crippen LogP contribution in [0.2, 0.25) is 0 Å². The van der Waals surface area contributed by atoms with Gasteiger partial charge in [-0.2, -0.15) is 0 Å². The number of nitrogens with one attached hydrogen (secondary N) is 2. The summed E-state index contributed by atoms with van der Waals surface area (Å²) in [4.78, 5) is 35.7. The van der Waals surface area contributed by atoms with Crippen LogP contribution >= 0.6 is 0 Å². The molecule has 0 saturated carbocycles. The van der Waals surface area contributed by atoms with E-state index in [1.165, 1.54) is 13.8 Å². The molecule has 0 radical (unpaired) electrons. The molecule has 3 N–H and O–H groups in total. The number of benzene rings is 1. The number of esters is 1. The summed E-state index contributed by atoms with van der Waals surface area (Å²) < 4.78 is 9.81.